The van der Waals surface area contributed by atoms with Crippen molar-refractivity contribution in [2.45, 2.75) is 190 Å². The van der Waals surface area contributed by atoms with E-state index in [9.17, 15) is 0 Å². The Kier molecular flexibility index (Phi) is 10.2. The van der Waals surface area contributed by atoms with Crippen LogP contribution in [0.3, 0.4) is 0 Å². The van der Waals surface area contributed by atoms with Crippen LogP contribution in [0.2, 0.25) is 0 Å². The molecule has 38 heavy (non-hydrogen) atoms. The Labute approximate surface area is 240 Å². The maximum atomic E-state index is 2.40. The standard InChI is InChI=1S/C36H64P2/c1-2-3-4-5-6-25-34(37-28-15-26-35(37,30-17-7-8-18-30)31-19-9-10-20-31)38-29-16-27-36(38,32-21-11-12-22-32)33-23-13-14-24-33/h30-34H,2-29H2,1H3. The molecule has 4 saturated carbocycles. The first-order valence-electron chi connectivity index (χ1n) is 18.3. The molecule has 6 rings (SSSR count). The van der Waals surface area contributed by atoms with Gasteiger partial charge in [0.15, 0.2) is 0 Å². The second-order valence-electron chi connectivity index (χ2n) is 15.2. The largest absolute Gasteiger partial charge is 0.0922 e. The van der Waals surface area contributed by atoms with Gasteiger partial charge in [-0.3, -0.25) is 0 Å². The molecular weight excluding hydrogens is 494 g/mol. The Morgan fingerprint density at radius 3 is 1.24 bits per heavy atom. The van der Waals surface area contributed by atoms with Crippen LogP contribution < -0.4 is 0 Å². The van der Waals surface area contributed by atoms with E-state index >= 15 is 0 Å². The Morgan fingerprint density at radius 2 is 0.868 bits per heavy atom. The third-order valence-corrected chi connectivity index (χ3v) is 22.8. The summed E-state index contributed by atoms with van der Waals surface area (Å²) in [4.78, 5) is 0. The smallest absolute Gasteiger partial charge is 0.000450 e. The highest BCUT2D eigenvalue weighted by atomic mass is 31.2. The third kappa shape index (κ3) is 5.38. The van der Waals surface area contributed by atoms with Crippen LogP contribution in [-0.2, 0) is 0 Å². The van der Waals surface area contributed by atoms with Gasteiger partial charge in [-0.05, 0) is 130 Å². The van der Waals surface area contributed by atoms with Crippen LogP contribution in [-0.4, -0.2) is 28.0 Å². The summed E-state index contributed by atoms with van der Waals surface area (Å²) >= 11 is 0. The van der Waals surface area contributed by atoms with Crippen LogP contribution >= 0.6 is 15.8 Å². The van der Waals surface area contributed by atoms with E-state index < -0.39 is 0 Å². The van der Waals surface area contributed by atoms with Crippen molar-refractivity contribution in [3.63, 3.8) is 0 Å². The lowest BCUT2D eigenvalue weighted by atomic mass is 9.76. The Hall–Kier alpha value is 0.860. The van der Waals surface area contributed by atoms with Crippen molar-refractivity contribution in [1.29, 1.82) is 0 Å². The van der Waals surface area contributed by atoms with Crippen LogP contribution in [0.1, 0.15) is 174 Å². The first-order chi connectivity index (χ1) is 18.8. The lowest BCUT2D eigenvalue weighted by molar-refractivity contribution is 0.255. The zero-order valence-corrected chi connectivity index (χ0v) is 27.4. The van der Waals surface area contributed by atoms with E-state index in [-0.39, 0.29) is 15.8 Å². The minimum absolute atomic E-state index is 0.228. The monoisotopic (exact) mass is 558 g/mol. The minimum atomic E-state index is 0.228. The fourth-order valence-corrected chi connectivity index (χ4v) is 23.8. The summed E-state index contributed by atoms with van der Waals surface area (Å²) < 4.78 is 0. The number of rotatable bonds is 12. The molecule has 0 bridgehead atoms. The summed E-state index contributed by atoms with van der Waals surface area (Å²) in [7, 11) is 0.456. The molecule has 218 valence electrons. The molecule has 2 aliphatic heterocycles. The number of hydrogen-bond acceptors (Lipinski definition) is 0. The first kappa shape index (κ1) is 29.0. The van der Waals surface area contributed by atoms with E-state index in [4.69, 9.17) is 0 Å². The van der Waals surface area contributed by atoms with Gasteiger partial charge in [0, 0.05) is 5.40 Å². The summed E-state index contributed by atoms with van der Waals surface area (Å²) in [5.41, 5.74) is 0. The number of hydrogen-bond donors (Lipinski definition) is 0. The minimum Gasteiger partial charge on any atom is -0.0922 e. The van der Waals surface area contributed by atoms with Gasteiger partial charge in [-0.2, -0.15) is 0 Å². The average molecular weight is 559 g/mol. The van der Waals surface area contributed by atoms with Gasteiger partial charge in [0.1, 0.15) is 0 Å². The molecule has 2 heteroatoms. The van der Waals surface area contributed by atoms with Gasteiger partial charge in [0.25, 0.3) is 0 Å². The van der Waals surface area contributed by atoms with E-state index in [0.717, 1.165) is 34.0 Å². The summed E-state index contributed by atoms with van der Waals surface area (Å²) in [6.45, 7) is 2.40. The molecule has 0 amide bonds. The lowest BCUT2D eigenvalue weighted by Gasteiger charge is -2.55. The van der Waals surface area contributed by atoms with Gasteiger partial charge in [-0.15, -0.1) is 0 Å². The summed E-state index contributed by atoms with van der Waals surface area (Å²) in [5.74, 6) is 4.58. The molecule has 0 nitrogen and oxygen atoms in total. The summed E-state index contributed by atoms with van der Waals surface area (Å²) in [6, 6.07) is 0. The molecule has 0 N–H and O–H groups in total. The van der Waals surface area contributed by atoms with Crippen LogP contribution in [0, 0.1) is 23.7 Å². The van der Waals surface area contributed by atoms with Gasteiger partial charge in [-0.25, -0.2) is 0 Å². The zero-order chi connectivity index (χ0) is 25.8. The number of unbranched alkanes of at least 4 members (excludes halogenated alkanes) is 4. The van der Waals surface area contributed by atoms with Crippen LogP contribution in [0.15, 0.2) is 0 Å². The van der Waals surface area contributed by atoms with Gasteiger partial charge in [-0.1, -0.05) is 106 Å². The van der Waals surface area contributed by atoms with Crippen molar-refractivity contribution in [2.24, 2.45) is 23.7 Å². The van der Waals surface area contributed by atoms with Crippen molar-refractivity contribution >= 4 is 15.8 Å². The molecule has 0 aromatic heterocycles. The Balaban J connectivity index is 1.36. The molecule has 2 saturated heterocycles. The van der Waals surface area contributed by atoms with Crippen molar-refractivity contribution in [3.8, 4) is 0 Å². The average Bonchev–Trinajstić information content (AvgIpc) is 3.79. The van der Waals surface area contributed by atoms with Crippen molar-refractivity contribution in [3.05, 3.63) is 0 Å². The zero-order valence-electron chi connectivity index (χ0n) is 25.6. The van der Waals surface area contributed by atoms with Gasteiger partial charge in [0.2, 0.25) is 0 Å². The molecule has 2 atom stereocenters. The van der Waals surface area contributed by atoms with Crippen LogP contribution in [0.25, 0.3) is 0 Å². The maximum absolute atomic E-state index is 2.40. The fourth-order valence-electron chi connectivity index (χ4n) is 12.2. The first-order valence-corrected chi connectivity index (χ1v) is 21.5. The third-order valence-electron chi connectivity index (χ3n) is 13.6. The molecule has 4 aliphatic carbocycles. The SMILES string of the molecule is CCCCCCCC(P1CCCC1(C1CCCC1)C1CCCC1)P1CCCC1(C1CCCC1)C1CCCC1. The molecule has 0 aromatic carbocycles. The summed E-state index contributed by atoms with van der Waals surface area (Å²) in [6.07, 6.45) is 45.0. The highest BCUT2D eigenvalue weighted by Gasteiger charge is 2.61. The normalized spacial score (nSPS) is 33.7. The van der Waals surface area contributed by atoms with Crippen LogP contribution in [0.4, 0.5) is 0 Å². The molecule has 2 heterocycles. The van der Waals surface area contributed by atoms with Crippen LogP contribution in [0.5, 0.6) is 0 Å². The molecule has 0 spiro atoms. The highest BCUT2D eigenvalue weighted by molar-refractivity contribution is 7.77. The van der Waals surface area contributed by atoms with E-state index in [1.807, 2.05) is 0 Å². The molecular formula is C36H64P2. The topological polar surface area (TPSA) is 0 Å². The second-order valence-corrected chi connectivity index (χ2v) is 21.3. The lowest BCUT2D eigenvalue weighted by Crippen LogP contribution is -2.44. The maximum Gasteiger partial charge on any atom is 0.000450 e. The molecule has 6 aliphatic rings. The second kappa shape index (κ2) is 13.4. The van der Waals surface area contributed by atoms with Gasteiger partial charge in [0.05, 0.1) is 0 Å². The fraction of sp³-hybridized carbons (Fsp3) is 1.00. The molecule has 6 fully saturated rings. The predicted octanol–water partition coefficient (Wildman–Crippen LogP) is 12.5. The molecule has 0 aromatic rings. The van der Waals surface area contributed by atoms with Crippen molar-refractivity contribution in [2.75, 3.05) is 12.3 Å². The highest BCUT2D eigenvalue weighted by Crippen LogP contribution is 2.82. The Bertz CT molecular complexity index is 621. The quantitative estimate of drug-likeness (QED) is 0.165. The van der Waals surface area contributed by atoms with Gasteiger partial charge < -0.3 is 0 Å². The van der Waals surface area contributed by atoms with E-state index in [1.165, 1.54) is 24.7 Å². The van der Waals surface area contributed by atoms with Crippen molar-refractivity contribution in [1.82, 2.24) is 0 Å². The predicted molar refractivity (Wildman–Crippen MR) is 172 cm³/mol. The van der Waals surface area contributed by atoms with Gasteiger partial charge >= 0.3 is 0 Å². The van der Waals surface area contributed by atoms with E-state index in [0.29, 0.717) is 0 Å². The summed E-state index contributed by atoms with van der Waals surface area (Å²) in [5, 5.41) is 2.91. The molecule has 0 radical (unpaired) electrons. The van der Waals surface area contributed by atoms with E-state index in [2.05, 4.69) is 6.92 Å². The Morgan fingerprint density at radius 1 is 0.500 bits per heavy atom. The van der Waals surface area contributed by atoms with Crippen molar-refractivity contribution < 1.29 is 0 Å². The van der Waals surface area contributed by atoms with E-state index in [1.54, 1.807) is 160 Å². The molecule has 2 unspecified atom stereocenters.